The van der Waals surface area contributed by atoms with Gasteiger partial charge in [-0.2, -0.15) is 0 Å². The molecule has 6 nitrogen and oxygen atoms in total. The molecule has 7 heteroatoms. The molecular weight excluding hydrogens is 386 g/mol. The van der Waals surface area contributed by atoms with Crippen LogP contribution in [0.15, 0.2) is 46.8 Å². The number of aromatic nitrogens is 3. The number of benzene rings is 1. The smallest absolute Gasteiger partial charge is 0.263 e. The zero-order valence-electron chi connectivity index (χ0n) is 16.3. The zero-order valence-corrected chi connectivity index (χ0v) is 17.1. The maximum absolute atomic E-state index is 13.1. The molecule has 0 saturated heterocycles. The predicted molar refractivity (Wildman–Crippen MR) is 114 cm³/mol. The first-order valence-corrected chi connectivity index (χ1v) is 10.0. The number of Topliss-reactive ketones (excluding diaryl/α,β-unsaturated/α-hetero) is 2. The van der Waals surface area contributed by atoms with Crippen LogP contribution in [-0.2, 0) is 6.54 Å². The summed E-state index contributed by atoms with van der Waals surface area (Å²) in [5.74, 6) is -0.362. The lowest BCUT2D eigenvalue weighted by molar-refractivity contribution is 0.0965. The van der Waals surface area contributed by atoms with E-state index in [1.54, 1.807) is 13.8 Å². The molecule has 0 radical (unpaired) electrons. The number of hydrogen-bond acceptors (Lipinski definition) is 5. The van der Waals surface area contributed by atoms with Gasteiger partial charge < -0.3 is 4.98 Å². The minimum atomic E-state index is -0.266. The molecule has 4 rings (SSSR count). The van der Waals surface area contributed by atoms with Gasteiger partial charge in [-0.3, -0.25) is 19.0 Å². The van der Waals surface area contributed by atoms with E-state index >= 15 is 0 Å². The highest BCUT2D eigenvalue weighted by Crippen LogP contribution is 2.30. The van der Waals surface area contributed by atoms with Crippen molar-refractivity contribution in [3.63, 3.8) is 0 Å². The van der Waals surface area contributed by atoms with Crippen LogP contribution < -0.4 is 5.56 Å². The molecular formula is C22H19N3O3S. The Morgan fingerprint density at radius 3 is 2.55 bits per heavy atom. The Bertz CT molecular complexity index is 1310. The number of rotatable bonds is 5. The summed E-state index contributed by atoms with van der Waals surface area (Å²) in [6.45, 7) is 4.83. The van der Waals surface area contributed by atoms with Gasteiger partial charge in [0.25, 0.3) is 5.56 Å². The molecule has 0 aliphatic rings. The average Bonchev–Trinajstić information content (AvgIpc) is 3.26. The summed E-state index contributed by atoms with van der Waals surface area (Å²) in [6, 6.07) is 9.64. The predicted octanol–water partition coefficient (Wildman–Crippen LogP) is 4.16. The van der Waals surface area contributed by atoms with Crippen LogP contribution in [0, 0.1) is 13.8 Å². The fraction of sp³-hybridized carbons (Fsp3) is 0.182. The number of H-pyrrole nitrogens is 1. The fourth-order valence-corrected chi connectivity index (χ4v) is 4.61. The maximum atomic E-state index is 13.1. The quantitative estimate of drug-likeness (QED) is 0.505. The first-order chi connectivity index (χ1) is 13.9. The molecule has 0 spiro atoms. The van der Waals surface area contributed by atoms with Crippen LogP contribution in [0.25, 0.3) is 21.3 Å². The van der Waals surface area contributed by atoms with Crippen LogP contribution >= 0.6 is 11.3 Å². The number of nitrogens with one attached hydrogen (secondary N) is 1. The Hall–Kier alpha value is -3.32. The van der Waals surface area contributed by atoms with E-state index in [0.717, 1.165) is 11.1 Å². The molecule has 1 aromatic carbocycles. The second kappa shape index (κ2) is 7.25. The molecule has 146 valence electrons. The van der Waals surface area contributed by atoms with E-state index in [4.69, 9.17) is 0 Å². The van der Waals surface area contributed by atoms with Crippen LogP contribution in [-0.4, -0.2) is 26.1 Å². The molecule has 0 atom stereocenters. The number of nitrogens with zero attached hydrogens (tertiary/aromatic N) is 2. The number of aromatic amines is 1. The van der Waals surface area contributed by atoms with Crippen molar-refractivity contribution in [3.8, 4) is 11.1 Å². The Labute approximate surface area is 170 Å². The Kier molecular flexibility index (Phi) is 4.76. The molecule has 0 unspecified atom stereocenters. The zero-order chi connectivity index (χ0) is 20.7. The van der Waals surface area contributed by atoms with Gasteiger partial charge in [0.2, 0.25) is 0 Å². The maximum Gasteiger partial charge on any atom is 0.263 e. The average molecular weight is 405 g/mol. The number of hydrogen-bond donors (Lipinski definition) is 1. The van der Waals surface area contributed by atoms with Crippen molar-refractivity contribution in [1.29, 1.82) is 0 Å². The van der Waals surface area contributed by atoms with Gasteiger partial charge in [-0.25, -0.2) is 4.98 Å². The van der Waals surface area contributed by atoms with Crippen molar-refractivity contribution >= 4 is 33.1 Å². The summed E-state index contributed by atoms with van der Waals surface area (Å²) >= 11 is 1.40. The summed E-state index contributed by atoms with van der Waals surface area (Å²) in [4.78, 5) is 45.8. The number of aryl methyl sites for hydroxylation is 1. The van der Waals surface area contributed by atoms with Gasteiger partial charge in [0.05, 0.1) is 24.0 Å². The van der Waals surface area contributed by atoms with Crippen molar-refractivity contribution in [2.24, 2.45) is 0 Å². The lowest BCUT2D eigenvalue weighted by Gasteiger charge is -2.06. The standard InChI is InChI=1S/C22H19N3O3S/c1-12-18(14(3)26)13(2)24-20(12)17(27)9-25-11-23-21-19(22(25)28)16(10-29-21)15-7-5-4-6-8-15/h4-8,10-11,24H,9H2,1-3H3. The molecule has 29 heavy (non-hydrogen) atoms. The first-order valence-electron chi connectivity index (χ1n) is 9.13. The summed E-state index contributed by atoms with van der Waals surface area (Å²) < 4.78 is 1.33. The van der Waals surface area contributed by atoms with Gasteiger partial charge in [0.1, 0.15) is 4.83 Å². The molecule has 0 aliphatic carbocycles. The van der Waals surface area contributed by atoms with E-state index in [-0.39, 0.29) is 23.7 Å². The van der Waals surface area contributed by atoms with Crippen molar-refractivity contribution in [2.45, 2.75) is 27.3 Å². The highest BCUT2D eigenvalue weighted by molar-refractivity contribution is 7.17. The molecule has 3 aromatic heterocycles. The third-order valence-electron chi connectivity index (χ3n) is 5.03. The second-order valence-corrected chi connectivity index (χ2v) is 7.84. The molecule has 0 fully saturated rings. The van der Waals surface area contributed by atoms with E-state index in [9.17, 15) is 14.4 Å². The van der Waals surface area contributed by atoms with Gasteiger partial charge in [0.15, 0.2) is 11.6 Å². The summed E-state index contributed by atoms with van der Waals surface area (Å²) in [7, 11) is 0. The minimum absolute atomic E-state index is 0.0960. The minimum Gasteiger partial charge on any atom is -0.355 e. The molecule has 1 N–H and O–H groups in total. The van der Waals surface area contributed by atoms with Crippen LogP contribution in [0.1, 0.15) is 39.0 Å². The van der Waals surface area contributed by atoms with Crippen LogP contribution in [0.2, 0.25) is 0 Å². The topological polar surface area (TPSA) is 84.8 Å². The highest BCUT2D eigenvalue weighted by Gasteiger charge is 2.21. The lowest BCUT2D eigenvalue weighted by atomic mass is 10.1. The van der Waals surface area contributed by atoms with E-state index < -0.39 is 0 Å². The van der Waals surface area contributed by atoms with Crippen molar-refractivity contribution < 1.29 is 9.59 Å². The lowest BCUT2D eigenvalue weighted by Crippen LogP contribution is -2.25. The van der Waals surface area contributed by atoms with Crippen molar-refractivity contribution in [1.82, 2.24) is 14.5 Å². The number of carbonyl (C=O) groups is 2. The summed E-state index contributed by atoms with van der Waals surface area (Å²) in [6.07, 6.45) is 1.41. The van der Waals surface area contributed by atoms with Gasteiger partial charge in [0, 0.05) is 22.2 Å². The molecule has 3 heterocycles. The molecule has 0 amide bonds. The van der Waals surface area contributed by atoms with E-state index in [2.05, 4.69) is 9.97 Å². The van der Waals surface area contributed by atoms with Crippen LogP contribution in [0.5, 0.6) is 0 Å². The summed E-state index contributed by atoms with van der Waals surface area (Å²) in [5, 5.41) is 2.43. The molecule has 0 saturated carbocycles. The Morgan fingerprint density at radius 2 is 1.90 bits per heavy atom. The number of thiophene rings is 1. The van der Waals surface area contributed by atoms with Crippen LogP contribution in [0.3, 0.4) is 0 Å². The number of carbonyl (C=O) groups excluding carboxylic acids is 2. The second-order valence-electron chi connectivity index (χ2n) is 6.98. The molecule has 4 aromatic rings. The van der Waals surface area contributed by atoms with Crippen molar-refractivity contribution in [2.75, 3.05) is 0 Å². The largest absolute Gasteiger partial charge is 0.355 e. The normalized spacial score (nSPS) is 11.1. The number of ketones is 2. The third-order valence-corrected chi connectivity index (χ3v) is 5.91. The fourth-order valence-electron chi connectivity index (χ4n) is 3.70. The highest BCUT2D eigenvalue weighted by atomic mass is 32.1. The monoisotopic (exact) mass is 405 g/mol. The Balaban J connectivity index is 1.75. The third kappa shape index (κ3) is 3.23. The first kappa shape index (κ1) is 19.0. The molecule has 0 aliphatic heterocycles. The molecule has 0 bridgehead atoms. The number of fused-ring (bicyclic) bond motifs is 1. The van der Waals surface area contributed by atoms with Gasteiger partial charge in [-0.1, -0.05) is 30.3 Å². The van der Waals surface area contributed by atoms with Gasteiger partial charge in [-0.15, -0.1) is 11.3 Å². The van der Waals surface area contributed by atoms with Gasteiger partial charge >= 0.3 is 0 Å². The van der Waals surface area contributed by atoms with Crippen molar-refractivity contribution in [3.05, 3.63) is 74.9 Å². The van der Waals surface area contributed by atoms with Crippen LogP contribution in [0.4, 0.5) is 0 Å². The van der Waals surface area contributed by atoms with E-state index in [1.807, 2.05) is 35.7 Å². The SMILES string of the molecule is CC(=O)c1c(C)[nH]c(C(=O)Cn2cnc3scc(-c4ccccc4)c3c2=O)c1C. The van der Waals surface area contributed by atoms with Gasteiger partial charge in [-0.05, 0) is 31.9 Å². The Morgan fingerprint density at radius 1 is 1.17 bits per heavy atom. The van der Waals surface area contributed by atoms with E-state index in [0.29, 0.717) is 32.7 Å². The summed E-state index contributed by atoms with van der Waals surface area (Å²) in [5.41, 5.74) is 3.65. The van der Waals surface area contributed by atoms with E-state index in [1.165, 1.54) is 29.2 Å².